The van der Waals surface area contributed by atoms with Crippen molar-refractivity contribution in [3.05, 3.63) is 106 Å². The summed E-state index contributed by atoms with van der Waals surface area (Å²) in [6.45, 7) is 1.42. The lowest BCUT2D eigenvalue weighted by Crippen LogP contribution is -2.50. The molecule has 35 heavy (non-hydrogen) atoms. The molecule has 2 aliphatic rings. The van der Waals surface area contributed by atoms with Gasteiger partial charge in [-0.2, -0.15) is 0 Å². The van der Waals surface area contributed by atoms with E-state index >= 15 is 0 Å². The largest absolute Gasteiger partial charge is 0.378 e. The number of piperidine rings is 1. The number of pyridine rings is 1. The predicted octanol–water partition coefficient (Wildman–Crippen LogP) is 3.61. The van der Waals surface area contributed by atoms with Gasteiger partial charge in [-0.15, -0.1) is 0 Å². The Kier molecular flexibility index (Phi) is 6.84. The molecule has 1 saturated heterocycles. The lowest BCUT2D eigenvalue weighted by Gasteiger charge is -2.41. The molecule has 1 aliphatic heterocycles. The van der Waals surface area contributed by atoms with E-state index < -0.39 is 6.23 Å². The summed E-state index contributed by atoms with van der Waals surface area (Å²) in [6.07, 6.45) is 4.54. The Balaban J connectivity index is 1.24. The van der Waals surface area contributed by atoms with Gasteiger partial charge in [0.05, 0.1) is 0 Å². The summed E-state index contributed by atoms with van der Waals surface area (Å²) in [6, 6.07) is 22.5. The third-order valence-electron chi connectivity index (χ3n) is 7.71. The molecule has 1 amide bonds. The zero-order chi connectivity index (χ0) is 24.4. The molecule has 0 bridgehead atoms. The predicted molar refractivity (Wildman–Crippen MR) is 136 cm³/mol. The summed E-state index contributed by atoms with van der Waals surface area (Å²) in [5.41, 5.74) is 3.78. The molecule has 2 aromatic carbocycles. The smallest absolute Gasteiger partial charge is 0.263 e. The monoisotopic (exact) mass is 471 g/mol. The highest BCUT2D eigenvalue weighted by Gasteiger charge is 2.36. The number of nitrogens with one attached hydrogen (secondary N) is 1. The minimum atomic E-state index is -0.550. The van der Waals surface area contributed by atoms with Gasteiger partial charge in [-0.1, -0.05) is 54.6 Å². The number of aromatic nitrogens is 1. The number of aliphatic hydroxyl groups is 1. The van der Waals surface area contributed by atoms with E-state index in [1.165, 1.54) is 21.3 Å². The molecule has 0 radical (unpaired) electrons. The van der Waals surface area contributed by atoms with Gasteiger partial charge in [0.15, 0.2) is 0 Å². The number of hydrogen-bond acceptors (Lipinski definition) is 4. The fraction of sp³-hybridized carbons (Fsp3) is 0.379. The number of rotatable bonds is 5. The number of hydrogen-bond donors (Lipinski definition) is 2. The van der Waals surface area contributed by atoms with Crippen LogP contribution in [0, 0.1) is 0 Å². The van der Waals surface area contributed by atoms with Gasteiger partial charge in [0, 0.05) is 44.2 Å². The van der Waals surface area contributed by atoms with Gasteiger partial charge in [0.2, 0.25) is 0 Å². The van der Waals surface area contributed by atoms with Crippen LogP contribution in [-0.4, -0.2) is 45.8 Å². The van der Waals surface area contributed by atoms with Crippen molar-refractivity contribution in [2.45, 2.75) is 49.8 Å². The van der Waals surface area contributed by atoms with Crippen molar-refractivity contribution in [3.8, 4) is 0 Å². The van der Waals surface area contributed by atoms with E-state index in [0.29, 0.717) is 19.0 Å². The zero-order valence-electron chi connectivity index (χ0n) is 20.1. The van der Waals surface area contributed by atoms with Crippen LogP contribution < -0.4 is 10.9 Å². The van der Waals surface area contributed by atoms with Crippen LogP contribution in [0.3, 0.4) is 0 Å². The number of amides is 1. The maximum absolute atomic E-state index is 12.6. The van der Waals surface area contributed by atoms with E-state index in [1.54, 1.807) is 25.4 Å². The van der Waals surface area contributed by atoms with Crippen molar-refractivity contribution in [3.63, 3.8) is 0 Å². The van der Waals surface area contributed by atoms with Crippen molar-refractivity contribution in [2.24, 2.45) is 7.05 Å². The molecule has 0 spiro atoms. The van der Waals surface area contributed by atoms with Gasteiger partial charge < -0.3 is 15.0 Å². The number of carbonyl (C=O) groups excluding carboxylic acids is 1. The van der Waals surface area contributed by atoms with Gasteiger partial charge in [-0.05, 0) is 54.5 Å². The normalized spacial score (nSPS) is 21.8. The van der Waals surface area contributed by atoms with Crippen LogP contribution in [0.2, 0.25) is 0 Å². The standard InChI is InChI=1S/C29H33N3O3/c1-31-17-7-12-26(28(31)34)27(33)30-21-15-18-32(19-16-21)29(35)25-14-13-22(20-8-3-2-4-9-20)23-10-5-6-11-24(23)25/h2-12,17,21-22,25,29,35H,13-16,18-19H2,1H3,(H,30,33)/t22?,25-,29?/m0/s1. The molecule has 3 atom stereocenters. The third-order valence-corrected chi connectivity index (χ3v) is 7.71. The summed E-state index contributed by atoms with van der Waals surface area (Å²) in [7, 11) is 1.64. The highest BCUT2D eigenvalue weighted by Crippen LogP contribution is 2.44. The van der Waals surface area contributed by atoms with E-state index in [-0.39, 0.29) is 29.0 Å². The minimum absolute atomic E-state index is 0.00281. The summed E-state index contributed by atoms with van der Waals surface area (Å²) in [5.74, 6) is 0.116. The number of benzene rings is 2. The molecule has 1 aliphatic carbocycles. The first-order valence-corrected chi connectivity index (χ1v) is 12.6. The summed E-state index contributed by atoms with van der Waals surface area (Å²) < 4.78 is 1.41. The Morgan fingerprint density at radius 1 is 0.914 bits per heavy atom. The van der Waals surface area contributed by atoms with E-state index in [1.807, 2.05) is 0 Å². The molecule has 3 aromatic rings. The Hall–Kier alpha value is -3.22. The SMILES string of the molecule is Cn1cccc(C(=O)NC2CCN(C(O)[C@H]3CCC(c4ccccc4)c4ccccc43)CC2)c1=O. The molecule has 6 heteroatoms. The molecule has 6 nitrogen and oxygen atoms in total. The van der Waals surface area contributed by atoms with Gasteiger partial charge in [0.25, 0.3) is 11.5 Å². The minimum Gasteiger partial charge on any atom is -0.378 e. The first kappa shape index (κ1) is 23.5. The Bertz CT molecular complexity index is 1230. The Labute approximate surface area is 206 Å². The van der Waals surface area contributed by atoms with Crippen LogP contribution in [0.4, 0.5) is 0 Å². The van der Waals surface area contributed by atoms with Gasteiger partial charge in [-0.3, -0.25) is 14.5 Å². The van der Waals surface area contributed by atoms with E-state index in [2.05, 4.69) is 64.8 Å². The lowest BCUT2D eigenvalue weighted by molar-refractivity contribution is -0.0348. The number of aliphatic hydroxyl groups excluding tert-OH is 1. The fourth-order valence-corrected chi connectivity index (χ4v) is 5.76. The van der Waals surface area contributed by atoms with Crippen molar-refractivity contribution in [1.82, 2.24) is 14.8 Å². The van der Waals surface area contributed by atoms with Crippen LogP contribution >= 0.6 is 0 Å². The summed E-state index contributed by atoms with van der Waals surface area (Å²) >= 11 is 0. The third kappa shape index (κ3) is 4.81. The van der Waals surface area contributed by atoms with Gasteiger partial charge >= 0.3 is 0 Å². The first-order chi connectivity index (χ1) is 17.0. The van der Waals surface area contributed by atoms with Gasteiger partial charge in [0.1, 0.15) is 11.8 Å². The Morgan fingerprint density at radius 3 is 2.34 bits per heavy atom. The van der Waals surface area contributed by atoms with Crippen LogP contribution in [0.25, 0.3) is 0 Å². The highest BCUT2D eigenvalue weighted by molar-refractivity contribution is 5.94. The molecule has 2 N–H and O–H groups in total. The molecule has 0 saturated carbocycles. The van der Waals surface area contributed by atoms with Crippen molar-refractivity contribution >= 4 is 5.91 Å². The molecular weight excluding hydrogens is 438 g/mol. The van der Waals surface area contributed by atoms with Crippen LogP contribution in [0.1, 0.15) is 64.6 Å². The number of fused-ring (bicyclic) bond motifs is 1. The molecule has 182 valence electrons. The number of nitrogens with zero attached hydrogens (tertiary/aromatic N) is 2. The van der Waals surface area contributed by atoms with Crippen molar-refractivity contribution in [2.75, 3.05) is 13.1 Å². The highest BCUT2D eigenvalue weighted by atomic mass is 16.3. The number of carbonyl (C=O) groups is 1. The van der Waals surface area contributed by atoms with Crippen LogP contribution in [0.5, 0.6) is 0 Å². The average Bonchev–Trinajstić information content (AvgIpc) is 2.90. The fourth-order valence-electron chi connectivity index (χ4n) is 5.76. The van der Waals surface area contributed by atoms with Gasteiger partial charge in [-0.25, -0.2) is 0 Å². The summed E-state index contributed by atoms with van der Waals surface area (Å²) in [5, 5.41) is 14.4. The van der Waals surface area contributed by atoms with E-state index in [0.717, 1.165) is 25.7 Å². The van der Waals surface area contributed by atoms with E-state index in [4.69, 9.17) is 0 Å². The van der Waals surface area contributed by atoms with Crippen molar-refractivity contribution in [1.29, 1.82) is 0 Å². The second kappa shape index (κ2) is 10.2. The second-order valence-corrected chi connectivity index (χ2v) is 9.81. The topological polar surface area (TPSA) is 74.6 Å². The summed E-state index contributed by atoms with van der Waals surface area (Å²) in [4.78, 5) is 27.0. The first-order valence-electron chi connectivity index (χ1n) is 12.6. The molecule has 1 aromatic heterocycles. The quantitative estimate of drug-likeness (QED) is 0.596. The van der Waals surface area contributed by atoms with Crippen LogP contribution in [-0.2, 0) is 7.05 Å². The molecule has 1 fully saturated rings. The zero-order valence-corrected chi connectivity index (χ0v) is 20.1. The number of likely N-dealkylation sites (tertiary alicyclic amines) is 1. The number of aryl methyl sites for hydroxylation is 1. The average molecular weight is 472 g/mol. The van der Waals surface area contributed by atoms with Crippen LogP contribution in [0.15, 0.2) is 77.7 Å². The molecular formula is C29H33N3O3. The maximum Gasteiger partial charge on any atom is 0.263 e. The molecule has 2 heterocycles. The second-order valence-electron chi connectivity index (χ2n) is 9.81. The Morgan fingerprint density at radius 2 is 1.60 bits per heavy atom. The molecule has 2 unspecified atom stereocenters. The maximum atomic E-state index is 12.6. The molecule has 5 rings (SSSR count). The van der Waals surface area contributed by atoms with Crippen molar-refractivity contribution < 1.29 is 9.90 Å². The lowest BCUT2D eigenvalue weighted by atomic mass is 9.73. The van der Waals surface area contributed by atoms with E-state index in [9.17, 15) is 14.7 Å².